The predicted molar refractivity (Wildman–Crippen MR) is 89.6 cm³/mol. The molecule has 24 heavy (non-hydrogen) atoms. The largest absolute Gasteiger partial charge is 0.300 e. The van der Waals surface area contributed by atoms with Crippen LogP contribution in [0.1, 0.15) is 22.2 Å². The Labute approximate surface area is 143 Å². The van der Waals surface area contributed by atoms with Crippen molar-refractivity contribution in [2.24, 2.45) is 0 Å². The van der Waals surface area contributed by atoms with Crippen molar-refractivity contribution < 1.29 is 18.0 Å². The van der Waals surface area contributed by atoms with Crippen molar-refractivity contribution in [3.8, 4) is 0 Å². The molecule has 1 unspecified atom stereocenters. The van der Waals surface area contributed by atoms with Crippen LogP contribution in [0, 0.1) is 0 Å². The molecular weight excluding hydrogens is 350 g/mol. The van der Waals surface area contributed by atoms with Gasteiger partial charge in [-0.2, -0.15) is 4.31 Å². The number of anilines is 1. The van der Waals surface area contributed by atoms with Gasteiger partial charge >= 0.3 is 0 Å². The zero-order chi connectivity index (χ0) is 17.5. The lowest BCUT2D eigenvalue weighted by atomic mass is 10.0. The number of nitrogens with zero attached hydrogens (tertiary/aromatic N) is 2. The fourth-order valence-corrected chi connectivity index (χ4v) is 4.72. The molecule has 0 saturated carbocycles. The third kappa shape index (κ3) is 2.64. The van der Waals surface area contributed by atoms with Crippen molar-refractivity contribution in [3.05, 3.63) is 40.9 Å². The van der Waals surface area contributed by atoms with E-state index in [0.717, 1.165) is 15.6 Å². The summed E-state index contributed by atoms with van der Waals surface area (Å²) in [7, 11) is -2.68. The van der Waals surface area contributed by atoms with Gasteiger partial charge in [-0.15, -0.1) is 11.3 Å². The van der Waals surface area contributed by atoms with Crippen molar-refractivity contribution in [2.45, 2.75) is 24.3 Å². The number of thiazole rings is 1. The highest BCUT2D eigenvalue weighted by atomic mass is 32.2. The summed E-state index contributed by atoms with van der Waals surface area (Å²) in [6, 6.07) is 4.45. The Morgan fingerprint density at radius 3 is 2.75 bits per heavy atom. The Hall–Kier alpha value is -2.10. The van der Waals surface area contributed by atoms with Crippen molar-refractivity contribution in [3.63, 3.8) is 0 Å². The van der Waals surface area contributed by atoms with Crippen LogP contribution >= 0.6 is 11.3 Å². The van der Waals surface area contributed by atoms with E-state index in [1.54, 1.807) is 18.3 Å². The average molecular weight is 365 g/mol. The van der Waals surface area contributed by atoms with Gasteiger partial charge < -0.3 is 5.32 Å². The SMILES string of the molecule is CCc1cnc(NC(=O)C2C(=O)c3ccccc3S(=O)(=O)N2C)s1. The van der Waals surface area contributed by atoms with Crippen LogP contribution in [0.5, 0.6) is 0 Å². The molecule has 1 aliphatic rings. The summed E-state index contributed by atoms with van der Waals surface area (Å²) in [5.41, 5.74) is 0.0316. The average Bonchev–Trinajstić information content (AvgIpc) is 3.01. The van der Waals surface area contributed by atoms with Gasteiger partial charge in [-0.3, -0.25) is 9.59 Å². The topological polar surface area (TPSA) is 96.4 Å². The number of nitrogens with one attached hydrogen (secondary N) is 1. The minimum Gasteiger partial charge on any atom is -0.300 e. The maximum atomic E-state index is 12.6. The highest BCUT2D eigenvalue weighted by Crippen LogP contribution is 2.29. The summed E-state index contributed by atoms with van der Waals surface area (Å²) in [5.74, 6) is -1.26. The standard InChI is InChI=1S/C15H15N3O4S2/c1-3-9-8-16-15(23-9)17-14(20)12-13(19)10-6-4-5-7-11(10)24(21,22)18(12)2/h4-8,12H,3H2,1-2H3,(H,16,17,20). The molecule has 1 aromatic heterocycles. The van der Waals surface area contributed by atoms with Gasteiger partial charge in [-0.25, -0.2) is 13.4 Å². The number of carbonyl (C=O) groups is 2. The van der Waals surface area contributed by atoms with E-state index in [1.165, 1.54) is 30.5 Å². The predicted octanol–water partition coefficient (Wildman–Crippen LogP) is 1.53. The molecule has 1 amide bonds. The van der Waals surface area contributed by atoms with Gasteiger partial charge in [0.15, 0.2) is 17.0 Å². The summed E-state index contributed by atoms with van der Waals surface area (Å²) in [6.07, 6.45) is 2.41. The number of ketones is 1. The number of aromatic nitrogens is 1. The van der Waals surface area contributed by atoms with E-state index in [2.05, 4.69) is 10.3 Å². The van der Waals surface area contributed by atoms with E-state index in [-0.39, 0.29) is 10.5 Å². The van der Waals surface area contributed by atoms with Gasteiger partial charge in [-0.05, 0) is 18.6 Å². The molecule has 0 radical (unpaired) electrons. The molecule has 0 aliphatic carbocycles. The number of aryl methyl sites for hydroxylation is 1. The van der Waals surface area contributed by atoms with Crippen molar-refractivity contribution in [1.29, 1.82) is 0 Å². The maximum Gasteiger partial charge on any atom is 0.252 e. The normalized spacial score (nSPS) is 19.8. The molecule has 0 spiro atoms. The lowest BCUT2D eigenvalue weighted by Gasteiger charge is -2.30. The number of sulfonamides is 1. The van der Waals surface area contributed by atoms with Crippen LogP contribution in [0.2, 0.25) is 0 Å². The first-order valence-electron chi connectivity index (χ1n) is 7.23. The molecule has 1 aliphatic heterocycles. The van der Waals surface area contributed by atoms with Gasteiger partial charge in [0.2, 0.25) is 10.0 Å². The van der Waals surface area contributed by atoms with Crippen molar-refractivity contribution >= 4 is 38.2 Å². The number of hydrogen-bond donors (Lipinski definition) is 1. The van der Waals surface area contributed by atoms with Crippen LogP contribution in [-0.2, 0) is 21.2 Å². The molecule has 0 bridgehead atoms. The third-order valence-electron chi connectivity index (χ3n) is 3.80. The molecule has 0 saturated heterocycles. The van der Waals surface area contributed by atoms with Gasteiger partial charge in [0.25, 0.3) is 5.91 Å². The summed E-state index contributed by atoms with van der Waals surface area (Å²) >= 11 is 1.29. The van der Waals surface area contributed by atoms with Gasteiger partial charge in [-0.1, -0.05) is 19.1 Å². The van der Waals surface area contributed by atoms with E-state index < -0.39 is 27.8 Å². The van der Waals surface area contributed by atoms with Crippen LogP contribution < -0.4 is 5.32 Å². The molecule has 9 heteroatoms. The van der Waals surface area contributed by atoms with E-state index in [9.17, 15) is 18.0 Å². The Bertz CT molecular complexity index is 920. The number of Topliss-reactive ketones (excluding diaryl/α,β-unsaturated/α-hetero) is 1. The molecular formula is C15H15N3O4S2. The van der Waals surface area contributed by atoms with Crippen LogP contribution in [0.3, 0.4) is 0 Å². The number of benzene rings is 1. The second kappa shape index (κ2) is 6.08. The van der Waals surface area contributed by atoms with Crippen molar-refractivity contribution in [2.75, 3.05) is 12.4 Å². The zero-order valence-corrected chi connectivity index (χ0v) is 14.6. The number of likely N-dealkylation sites (N-methyl/N-ethyl adjacent to an activating group) is 1. The van der Waals surface area contributed by atoms with Crippen LogP contribution in [0.15, 0.2) is 35.4 Å². The first kappa shape index (κ1) is 16.7. The second-order valence-corrected chi connectivity index (χ2v) is 8.34. The van der Waals surface area contributed by atoms with Crippen LogP contribution in [0.25, 0.3) is 0 Å². The molecule has 1 aromatic carbocycles. The summed E-state index contributed by atoms with van der Waals surface area (Å²) in [5, 5.41) is 2.88. The van der Waals surface area contributed by atoms with Crippen LogP contribution in [0.4, 0.5) is 5.13 Å². The van der Waals surface area contributed by atoms with Crippen molar-refractivity contribution in [1.82, 2.24) is 9.29 Å². The third-order valence-corrected chi connectivity index (χ3v) is 6.74. The molecule has 7 nitrogen and oxygen atoms in total. The fraction of sp³-hybridized carbons (Fsp3) is 0.267. The van der Waals surface area contributed by atoms with Gasteiger partial charge in [0.1, 0.15) is 0 Å². The molecule has 126 valence electrons. The number of fused-ring (bicyclic) bond motifs is 1. The minimum atomic E-state index is -3.90. The smallest absolute Gasteiger partial charge is 0.252 e. The highest BCUT2D eigenvalue weighted by Gasteiger charge is 2.45. The van der Waals surface area contributed by atoms with E-state index in [0.29, 0.717) is 5.13 Å². The quantitative estimate of drug-likeness (QED) is 0.832. The molecule has 3 rings (SSSR count). The molecule has 0 fully saturated rings. The van der Waals surface area contributed by atoms with E-state index >= 15 is 0 Å². The molecule has 1 N–H and O–H groups in total. The summed E-state index contributed by atoms with van der Waals surface area (Å²) < 4.78 is 25.9. The first-order chi connectivity index (χ1) is 11.4. The Balaban J connectivity index is 1.96. The summed E-state index contributed by atoms with van der Waals surface area (Å²) in [4.78, 5) is 30.1. The first-order valence-corrected chi connectivity index (χ1v) is 9.48. The van der Waals surface area contributed by atoms with Gasteiger partial charge in [0, 0.05) is 23.7 Å². The molecule has 1 atom stereocenters. The number of carbonyl (C=O) groups excluding carboxylic acids is 2. The number of hydrogen-bond acceptors (Lipinski definition) is 6. The van der Waals surface area contributed by atoms with Gasteiger partial charge in [0.05, 0.1) is 4.90 Å². The Morgan fingerprint density at radius 2 is 2.08 bits per heavy atom. The molecule has 2 aromatic rings. The number of rotatable bonds is 3. The second-order valence-electron chi connectivity index (χ2n) is 5.26. The number of amides is 1. The van der Waals surface area contributed by atoms with Crippen LogP contribution in [-0.4, -0.2) is 42.5 Å². The Morgan fingerprint density at radius 1 is 1.38 bits per heavy atom. The lowest BCUT2D eigenvalue weighted by molar-refractivity contribution is -0.118. The lowest BCUT2D eigenvalue weighted by Crippen LogP contribution is -2.53. The van der Waals surface area contributed by atoms with E-state index in [1.807, 2.05) is 6.92 Å². The maximum absolute atomic E-state index is 12.6. The fourth-order valence-electron chi connectivity index (χ4n) is 2.49. The highest BCUT2D eigenvalue weighted by molar-refractivity contribution is 7.89. The minimum absolute atomic E-state index is 0.0316. The van der Waals surface area contributed by atoms with E-state index in [4.69, 9.17) is 0 Å². The summed E-state index contributed by atoms with van der Waals surface area (Å²) in [6.45, 7) is 1.96. The monoisotopic (exact) mass is 365 g/mol. The molecule has 2 heterocycles. The Kier molecular flexibility index (Phi) is 4.24. The zero-order valence-electron chi connectivity index (χ0n) is 13.0.